The lowest BCUT2D eigenvalue weighted by molar-refractivity contribution is -0.385. The van der Waals surface area contributed by atoms with Crippen molar-refractivity contribution in [2.75, 3.05) is 26.9 Å². The Balaban J connectivity index is 1.57. The normalized spacial score (nSPS) is 14.9. The molecule has 9 nitrogen and oxygen atoms in total. The summed E-state index contributed by atoms with van der Waals surface area (Å²) in [6, 6.07) is 12.5. The molecule has 0 radical (unpaired) electrons. The summed E-state index contributed by atoms with van der Waals surface area (Å²) < 4.78 is 16.6. The van der Waals surface area contributed by atoms with Gasteiger partial charge in [-0.1, -0.05) is 30.3 Å². The van der Waals surface area contributed by atoms with Crippen LogP contribution in [0.2, 0.25) is 0 Å². The molecule has 1 fully saturated rings. The number of methoxy groups -OCH3 is 1. The summed E-state index contributed by atoms with van der Waals surface area (Å²) in [6.07, 6.45) is 1.48. The molecule has 3 aromatic rings. The van der Waals surface area contributed by atoms with E-state index in [1.165, 1.54) is 30.6 Å². The molecule has 10 heteroatoms. The lowest BCUT2D eigenvalue weighted by atomic mass is 9.74. The van der Waals surface area contributed by atoms with Crippen LogP contribution in [-0.2, 0) is 16.8 Å². The Morgan fingerprint density at radius 2 is 2.00 bits per heavy atom. The van der Waals surface area contributed by atoms with Crippen molar-refractivity contribution in [2.24, 2.45) is 0 Å². The third-order valence-corrected chi connectivity index (χ3v) is 6.64. The van der Waals surface area contributed by atoms with Crippen molar-refractivity contribution in [2.45, 2.75) is 24.9 Å². The van der Waals surface area contributed by atoms with Crippen LogP contribution in [0.1, 0.15) is 34.5 Å². The molecular weight excluding hydrogens is 458 g/mol. The Hall–Kier alpha value is -3.50. The summed E-state index contributed by atoms with van der Waals surface area (Å²) in [5, 5.41) is 16.5. The van der Waals surface area contributed by atoms with E-state index in [4.69, 9.17) is 14.2 Å². The van der Waals surface area contributed by atoms with Gasteiger partial charge in [-0.25, -0.2) is 4.98 Å². The SMILES string of the molecule is COc1cc(C(=O)NCC2(c3ccccc3)CCOCC2)c([N+](=O)[O-])cc1OCc1cscn1. The first kappa shape index (κ1) is 23.7. The van der Waals surface area contributed by atoms with Gasteiger partial charge in [0, 0.05) is 36.6 Å². The molecule has 0 unspecified atom stereocenters. The number of hydrogen-bond acceptors (Lipinski definition) is 8. The van der Waals surface area contributed by atoms with Crippen molar-refractivity contribution in [3.63, 3.8) is 0 Å². The van der Waals surface area contributed by atoms with Gasteiger partial charge in [0.15, 0.2) is 11.5 Å². The predicted octanol–water partition coefficient (Wildman–Crippen LogP) is 4.12. The van der Waals surface area contributed by atoms with Crippen LogP contribution in [0.5, 0.6) is 11.5 Å². The number of carbonyl (C=O) groups is 1. The number of nitrogens with one attached hydrogen (secondary N) is 1. The highest BCUT2D eigenvalue weighted by Crippen LogP contribution is 2.37. The number of hydrogen-bond donors (Lipinski definition) is 1. The molecule has 0 saturated carbocycles. The van der Waals surface area contributed by atoms with Crippen LogP contribution in [0.15, 0.2) is 53.4 Å². The number of nitro groups is 1. The molecule has 1 aliphatic rings. The molecule has 0 bridgehead atoms. The molecule has 1 aliphatic heterocycles. The second-order valence-corrected chi connectivity index (χ2v) is 8.71. The Bertz CT molecular complexity index is 1130. The van der Waals surface area contributed by atoms with Gasteiger partial charge in [0.2, 0.25) is 0 Å². The van der Waals surface area contributed by atoms with Crippen LogP contribution in [0.4, 0.5) is 5.69 Å². The van der Waals surface area contributed by atoms with Crippen LogP contribution >= 0.6 is 11.3 Å². The molecule has 0 spiro atoms. The average molecular weight is 484 g/mol. The number of ether oxygens (including phenoxy) is 3. The number of nitrogens with zero attached hydrogens (tertiary/aromatic N) is 2. The molecule has 2 aromatic carbocycles. The summed E-state index contributed by atoms with van der Waals surface area (Å²) in [7, 11) is 1.42. The first-order valence-corrected chi connectivity index (χ1v) is 11.7. The minimum atomic E-state index is -0.592. The zero-order valence-corrected chi connectivity index (χ0v) is 19.5. The molecule has 1 aromatic heterocycles. The van der Waals surface area contributed by atoms with E-state index in [2.05, 4.69) is 10.3 Å². The third-order valence-electron chi connectivity index (χ3n) is 6.01. The standard InChI is InChI=1S/C24H25N3O6S/c1-31-21-11-19(20(27(29)30)12-22(21)33-13-18-14-34-16-26-18)23(28)25-15-24(7-9-32-10-8-24)17-5-3-2-4-6-17/h2-6,11-12,14,16H,7-10,13,15H2,1H3,(H,25,28). The van der Waals surface area contributed by atoms with Crippen LogP contribution in [0, 0.1) is 10.1 Å². The van der Waals surface area contributed by atoms with Gasteiger partial charge in [-0.2, -0.15) is 0 Å². The van der Waals surface area contributed by atoms with Crippen molar-refractivity contribution in [3.8, 4) is 11.5 Å². The quantitative estimate of drug-likeness (QED) is 0.360. The molecule has 34 heavy (non-hydrogen) atoms. The fraction of sp³-hybridized carbons (Fsp3) is 0.333. The molecule has 4 rings (SSSR count). The van der Waals surface area contributed by atoms with Crippen LogP contribution in [0.3, 0.4) is 0 Å². The van der Waals surface area contributed by atoms with E-state index >= 15 is 0 Å². The van der Waals surface area contributed by atoms with Crippen molar-refractivity contribution >= 4 is 22.9 Å². The van der Waals surface area contributed by atoms with E-state index < -0.39 is 10.8 Å². The molecule has 0 aliphatic carbocycles. The summed E-state index contributed by atoms with van der Waals surface area (Å²) >= 11 is 1.42. The Labute approximate surface area is 200 Å². The van der Waals surface area contributed by atoms with Gasteiger partial charge in [0.1, 0.15) is 12.2 Å². The molecule has 1 amide bonds. The minimum absolute atomic E-state index is 0.0851. The predicted molar refractivity (Wildman–Crippen MR) is 127 cm³/mol. The van der Waals surface area contributed by atoms with Gasteiger partial charge in [-0.15, -0.1) is 11.3 Å². The van der Waals surface area contributed by atoms with Crippen molar-refractivity contribution in [3.05, 3.63) is 80.3 Å². The largest absolute Gasteiger partial charge is 0.493 e. The Morgan fingerprint density at radius 1 is 1.24 bits per heavy atom. The number of carbonyl (C=O) groups excluding carboxylic acids is 1. The van der Waals surface area contributed by atoms with Gasteiger partial charge in [-0.3, -0.25) is 14.9 Å². The maximum atomic E-state index is 13.2. The summed E-state index contributed by atoms with van der Waals surface area (Å²) in [4.78, 5) is 28.5. The second kappa shape index (κ2) is 10.6. The zero-order chi connectivity index (χ0) is 24.0. The van der Waals surface area contributed by atoms with Gasteiger partial charge in [0.05, 0.1) is 29.3 Å². The van der Waals surface area contributed by atoms with Gasteiger partial charge >= 0.3 is 0 Å². The number of rotatable bonds is 9. The lowest BCUT2D eigenvalue weighted by Crippen LogP contribution is -2.44. The van der Waals surface area contributed by atoms with E-state index in [0.29, 0.717) is 25.5 Å². The number of nitro benzene ring substituents is 1. The lowest BCUT2D eigenvalue weighted by Gasteiger charge is -2.38. The van der Waals surface area contributed by atoms with Crippen LogP contribution in [0.25, 0.3) is 0 Å². The zero-order valence-electron chi connectivity index (χ0n) is 18.7. The highest BCUT2D eigenvalue weighted by Gasteiger charge is 2.35. The summed E-state index contributed by atoms with van der Waals surface area (Å²) in [6.45, 7) is 1.64. The van der Waals surface area contributed by atoms with E-state index in [1.807, 2.05) is 35.7 Å². The fourth-order valence-corrected chi connectivity index (χ4v) is 4.62. The highest BCUT2D eigenvalue weighted by molar-refractivity contribution is 7.07. The molecular formula is C24H25N3O6S. The Morgan fingerprint density at radius 3 is 2.65 bits per heavy atom. The third kappa shape index (κ3) is 5.18. The maximum Gasteiger partial charge on any atom is 0.286 e. The monoisotopic (exact) mass is 483 g/mol. The van der Waals surface area contributed by atoms with Crippen LogP contribution < -0.4 is 14.8 Å². The average Bonchev–Trinajstić information content (AvgIpc) is 3.40. The van der Waals surface area contributed by atoms with Gasteiger partial charge in [-0.05, 0) is 18.4 Å². The summed E-state index contributed by atoms with van der Waals surface area (Å²) in [5.41, 5.74) is 2.73. The number of benzene rings is 2. The maximum absolute atomic E-state index is 13.2. The van der Waals surface area contributed by atoms with Gasteiger partial charge < -0.3 is 19.5 Å². The smallest absolute Gasteiger partial charge is 0.286 e. The van der Waals surface area contributed by atoms with E-state index in [1.54, 1.807) is 5.51 Å². The van der Waals surface area contributed by atoms with Gasteiger partial charge in [0.25, 0.3) is 11.6 Å². The highest BCUT2D eigenvalue weighted by atomic mass is 32.1. The molecule has 1 saturated heterocycles. The van der Waals surface area contributed by atoms with E-state index in [9.17, 15) is 14.9 Å². The van der Waals surface area contributed by atoms with Crippen LogP contribution in [-0.4, -0.2) is 42.7 Å². The van der Waals surface area contributed by atoms with Crippen molar-refractivity contribution in [1.82, 2.24) is 10.3 Å². The van der Waals surface area contributed by atoms with Crippen molar-refractivity contribution < 1.29 is 23.9 Å². The molecule has 0 atom stereocenters. The minimum Gasteiger partial charge on any atom is -0.493 e. The topological polar surface area (TPSA) is 113 Å². The second-order valence-electron chi connectivity index (χ2n) is 7.99. The first-order chi connectivity index (χ1) is 16.5. The van der Waals surface area contributed by atoms with E-state index in [-0.39, 0.29) is 34.8 Å². The number of thiazole rings is 1. The first-order valence-electron chi connectivity index (χ1n) is 10.8. The molecule has 178 valence electrons. The molecule has 1 N–H and O–H groups in total. The van der Waals surface area contributed by atoms with E-state index in [0.717, 1.165) is 18.4 Å². The number of amides is 1. The summed E-state index contributed by atoms with van der Waals surface area (Å²) in [5.74, 6) is -0.142. The van der Waals surface area contributed by atoms with Crippen molar-refractivity contribution in [1.29, 1.82) is 0 Å². The Kier molecular flexibility index (Phi) is 7.39. The fourth-order valence-electron chi connectivity index (χ4n) is 4.08. The number of aromatic nitrogens is 1. The molecule has 2 heterocycles.